The molecule has 0 bridgehead atoms. The Kier molecular flexibility index (Phi) is 4.58. The molecule has 0 amide bonds. The second-order valence-electron chi connectivity index (χ2n) is 3.61. The highest BCUT2D eigenvalue weighted by Gasteiger charge is 2.11. The quantitative estimate of drug-likeness (QED) is 0.623. The maximum atomic E-state index is 6.14. The summed E-state index contributed by atoms with van der Waals surface area (Å²) < 4.78 is 12.0. The zero-order valence-corrected chi connectivity index (χ0v) is 11.4. The van der Waals surface area contributed by atoms with Gasteiger partial charge in [0.05, 0.1) is 18.3 Å². The third kappa shape index (κ3) is 3.28. The van der Waals surface area contributed by atoms with Crippen LogP contribution in [0.5, 0.6) is 11.5 Å². The van der Waals surface area contributed by atoms with E-state index in [0.29, 0.717) is 16.5 Å². The zero-order valence-electron chi connectivity index (χ0n) is 10.7. The van der Waals surface area contributed by atoms with E-state index in [-0.39, 0.29) is 6.61 Å². The number of methoxy groups -OCH3 is 1. The predicted molar refractivity (Wildman–Crippen MR) is 75.3 cm³/mol. The van der Waals surface area contributed by atoms with Gasteiger partial charge in [-0.3, -0.25) is 0 Å². The van der Waals surface area contributed by atoms with E-state index in [9.17, 15) is 0 Å². The van der Waals surface area contributed by atoms with E-state index >= 15 is 0 Å². The van der Waals surface area contributed by atoms with Crippen molar-refractivity contribution in [1.82, 2.24) is 14.9 Å². The molecule has 0 atom stereocenters. The van der Waals surface area contributed by atoms with Gasteiger partial charge in [-0.2, -0.15) is 5.10 Å². The number of terminal acetylenes is 1. The molecule has 0 saturated heterocycles. The molecule has 0 unspecified atom stereocenters. The van der Waals surface area contributed by atoms with Gasteiger partial charge in [0.25, 0.3) is 0 Å². The van der Waals surface area contributed by atoms with Crippen LogP contribution in [-0.2, 0) is 0 Å². The molecule has 0 spiro atoms. The summed E-state index contributed by atoms with van der Waals surface area (Å²) in [5.74, 6) is 3.27. The fourth-order valence-corrected chi connectivity index (χ4v) is 1.73. The summed E-state index contributed by atoms with van der Waals surface area (Å²) in [5.41, 5.74) is 0.744. The summed E-state index contributed by atoms with van der Waals surface area (Å²) in [6, 6.07) is 3.44. The van der Waals surface area contributed by atoms with Crippen LogP contribution in [-0.4, -0.2) is 34.8 Å². The van der Waals surface area contributed by atoms with Gasteiger partial charge >= 0.3 is 0 Å². The molecule has 0 aliphatic heterocycles. The Labute approximate surface area is 121 Å². The summed E-state index contributed by atoms with van der Waals surface area (Å²) in [5, 5.41) is 11.8. The number of nitrogens with zero attached hydrogens (tertiary/aromatic N) is 4. The lowest BCUT2D eigenvalue weighted by Gasteiger charge is -2.11. The van der Waals surface area contributed by atoms with Crippen molar-refractivity contribution in [3.63, 3.8) is 0 Å². The van der Waals surface area contributed by atoms with Crippen molar-refractivity contribution in [2.45, 2.75) is 0 Å². The molecule has 2 rings (SSSR count). The summed E-state index contributed by atoms with van der Waals surface area (Å²) in [6.07, 6.45) is 9.70. The highest BCUT2D eigenvalue weighted by molar-refractivity contribution is 6.32. The average Bonchev–Trinajstić information content (AvgIpc) is 2.96. The molecular weight excluding hydrogens is 280 g/mol. The molecule has 7 heteroatoms. The number of hydrogen-bond acceptors (Lipinski definition) is 5. The third-order valence-electron chi connectivity index (χ3n) is 2.30. The van der Waals surface area contributed by atoms with Gasteiger partial charge in [0.15, 0.2) is 11.5 Å². The minimum absolute atomic E-state index is 0.115. The van der Waals surface area contributed by atoms with E-state index in [1.54, 1.807) is 18.3 Å². The van der Waals surface area contributed by atoms with E-state index in [1.807, 2.05) is 0 Å². The Bertz CT molecular complexity index is 647. The van der Waals surface area contributed by atoms with Crippen LogP contribution in [0.15, 0.2) is 29.9 Å². The van der Waals surface area contributed by atoms with E-state index in [1.165, 1.54) is 24.4 Å². The van der Waals surface area contributed by atoms with Gasteiger partial charge in [-0.15, -0.1) is 16.6 Å². The maximum Gasteiger partial charge on any atom is 0.181 e. The first-order valence-electron chi connectivity index (χ1n) is 5.57. The fraction of sp³-hybridized carbons (Fsp3) is 0.154. The molecule has 102 valence electrons. The smallest absolute Gasteiger partial charge is 0.181 e. The molecule has 1 aromatic heterocycles. The van der Waals surface area contributed by atoms with Crippen LogP contribution < -0.4 is 9.47 Å². The number of aromatic nitrogens is 3. The number of rotatable bonds is 5. The standard InChI is InChI=1S/C13H11ClN4O2/c1-3-4-20-13-11(14)5-10(6-12(13)19-2)7-17-18-8-15-16-9-18/h1,5-9H,4H2,2H3/b17-7-. The van der Waals surface area contributed by atoms with Crippen molar-refractivity contribution in [2.24, 2.45) is 5.10 Å². The molecule has 0 aliphatic rings. The van der Waals surface area contributed by atoms with Crippen LogP contribution in [0.25, 0.3) is 0 Å². The molecular formula is C13H11ClN4O2. The first-order valence-corrected chi connectivity index (χ1v) is 5.95. The molecule has 0 radical (unpaired) electrons. The number of hydrogen-bond donors (Lipinski definition) is 0. The van der Waals surface area contributed by atoms with E-state index in [2.05, 4.69) is 21.2 Å². The lowest BCUT2D eigenvalue weighted by Crippen LogP contribution is -1.99. The highest BCUT2D eigenvalue weighted by atomic mass is 35.5. The predicted octanol–water partition coefficient (Wildman–Crippen LogP) is 1.83. The Morgan fingerprint density at radius 3 is 2.85 bits per heavy atom. The van der Waals surface area contributed by atoms with Crippen molar-refractivity contribution in [3.8, 4) is 23.8 Å². The summed E-state index contributed by atoms with van der Waals surface area (Å²) in [7, 11) is 1.52. The fourth-order valence-electron chi connectivity index (χ4n) is 1.46. The van der Waals surface area contributed by atoms with Crippen molar-refractivity contribution in [2.75, 3.05) is 13.7 Å². The Balaban J connectivity index is 2.28. The van der Waals surface area contributed by atoms with Crippen LogP contribution in [0.2, 0.25) is 5.02 Å². The lowest BCUT2D eigenvalue weighted by molar-refractivity contribution is 0.331. The van der Waals surface area contributed by atoms with Crippen LogP contribution in [0.4, 0.5) is 0 Å². The monoisotopic (exact) mass is 290 g/mol. The van der Waals surface area contributed by atoms with Gasteiger partial charge in [-0.05, 0) is 17.7 Å². The Morgan fingerprint density at radius 1 is 1.45 bits per heavy atom. The number of benzene rings is 1. The Hall–Kier alpha value is -2.52. The van der Waals surface area contributed by atoms with E-state index < -0.39 is 0 Å². The molecule has 1 heterocycles. The molecule has 6 nitrogen and oxygen atoms in total. The average molecular weight is 291 g/mol. The summed E-state index contributed by atoms with van der Waals surface area (Å²) in [6.45, 7) is 0.115. The zero-order chi connectivity index (χ0) is 14.4. The van der Waals surface area contributed by atoms with Gasteiger partial charge in [0.2, 0.25) is 0 Å². The van der Waals surface area contributed by atoms with Crippen molar-refractivity contribution in [1.29, 1.82) is 0 Å². The third-order valence-corrected chi connectivity index (χ3v) is 2.58. The van der Waals surface area contributed by atoms with Crippen molar-refractivity contribution >= 4 is 17.8 Å². The van der Waals surface area contributed by atoms with Crippen LogP contribution in [0.3, 0.4) is 0 Å². The molecule has 0 fully saturated rings. The number of ether oxygens (including phenoxy) is 2. The normalized spacial score (nSPS) is 10.4. The summed E-state index contributed by atoms with van der Waals surface area (Å²) in [4.78, 5) is 0. The number of halogens is 1. The second-order valence-corrected chi connectivity index (χ2v) is 4.02. The minimum atomic E-state index is 0.115. The molecule has 1 aromatic carbocycles. The molecule has 0 saturated carbocycles. The topological polar surface area (TPSA) is 61.5 Å². The van der Waals surface area contributed by atoms with Gasteiger partial charge in [-0.1, -0.05) is 17.5 Å². The van der Waals surface area contributed by atoms with Gasteiger partial charge < -0.3 is 9.47 Å². The molecule has 0 N–H and O–H groups in total. The van der Waals surface area contributed by atoms with Crippen LogP contribution in [0.1, 0.15) is 5.56 Å². The van der Waals surface area contributed by atoms with Crippen molar-refractivity contribution < 1.29 is 9.47 Å². The highest BCUT2D eigenvalue weighted by Crippen LogP contribution is 2.35. The summed E-state index contributed by atoms with van der Waals surface area (Å²) >= 11 is 6.14. The van der Waals surface area contributed by atoms with E-state index in [0.717, 1.165) is 5.56 Å². The first kappa shape index (κ1) is 13.9. The maximum absolute atomic E-state index is 6.14. The van der Waals surface area contributed by atoms with Gasteiger partial charge in [0, 0.05) is 0 Å². The van der Waals surface area contributed by atoms with Crippen LogP contribution in [0, 0.1) is 12.3 Å². The van der Waals surface area contributed by atoms with Gasteiger partial charge in [0.1, 0.15) is 19.3 Å². The molecule has 0 aliphatic carbocycles. The molecule has 20 heavy (non-hydrogen) atoms. The van der Waals surface area contributed by atoms with Gasteiger partial charge in [-0.25, -0.2) is 4.68 Å². The van der Waals surface area contributed by atoms with Crippen molar-refractivity contribution in [3.05, 3.63) is 35.4 Å². The van der Waals surface area contributed by atoms with Crippen LogP contribution >= 0.6 is 11.6 Å². The molecule has 2 aromatic rings. The van der Waals surface area contributed by atoms with E-state index in [4.69, 9.17) is 27.5 Å². The SMILES string of the molecule is C#CCOc1c(Cl)cc(/C=N\n2cnnc2)cc1OC. The minimum Gasteiger partial charge on any atom is -0.493 e. The largest absolute Gasteiger partial charge is 0.493 e. The second kappa shape index (κ2) is 6.59. The lowest BCUT2D eigenvalue weighted by atomic mass is 10.2. The Morgan fingerprint density at radius 2 is 2.20 bits per heavy atom. The first-order chi connectivity index (χ1) is 9.74.